The Kier molecular flexibility index (Phi) is 2.74. The van der Waals surface area contributed by atoms with Gasteiger partial charge in [-0.2, -0.15) is 0 Å². The molecule has 1 atom stereocenters. The lowest BCUT2D eigenvalue weighted by Crippen LogP contribution is -2.33. The lowest BCUT2D eigenvalue weighted by molar-refractivity contribution is -0.386. The molecule has 1 saturated heterocycles. The second-order valence-corrected chi connectivity index (χ2v) is 4.44. The van der Waals surface area contributed by atoms with Crippen LogP contribution in [0, 0.1) is 15.9 Å². The number of benzene rings is 1. The number of aromatic hydroxyl groups is 1. The van der Waals surface area contributed by atoms with E-state index >= 15 is 0 Å². The summed E-state index contributed by atoms with van der Waals surface area (Å²) in [6.45, 7) is 2.55. The van der Waals surface area contributed by atoms with Gasteiger partial charge in [0.1, 0.15) is 5.82 Å². The fourth-order valence-electron chi connectivity index (χ4n) is 2.27. The molecule has 1 aromatic rings. The molecular weight excluding hydrogens is 227 g/mol. The van der Waals surface area contributed by atoms with Gasteiger partial charge in [0, 0.05) is 11.1 Å². The first-order valence-corrected chi connectivity index (χ1v) is 5.36. The fourth-order valence-corrected chi connectivity index (χ4v) is 2.27. The van der Waals surface area contributed by atoms with Crippen molar-refractivity contribution < 1.29 is 14.4 Å². The second kappa shape index (κ2) is 3.96. The maximum Gasteiger partial charge on any atom is 0.313 e. The quantitative estimate of drug-likeness (QED) is 0.612. The van der Waals surface area contributed by atoms with Crippen molar-refractivity contribution in [1.29, 1.82) is 0 Å². The van der Waals surface area contributed by atoms with Gasteiger partial charge in [-0.05, 0) is 32.4 Å². The summed E-state index contributed by atoms with van der Waals surface area (Å²) in [6, 6.07) is 1.89. The average Bonchev–Trinajstić information content (AvgIpc) is 2.69. The highest BCUT2D eigenvalue weighted by Gasteiger charge is 2.35. The van der Waals surface area contributed by atoms with Crippen molar-refractivity contribution >= 4 is 5.69 Å². The Bertz CT molecular complexity index is 470. The predicted molar refractivity (Wildman–Crippen MR) is 59.3 cm³/mol. The Hall–Kier alpha value is -1.69. The summed E-state index contributed by atoms with van der Waals surface area (Å²) in [5.74, 6) is -1.16. The molecule has 0 radical (unpaired) electrons. The Morgan fingerprint density at radius 3 is 2.82 bits per heavy atom. The molecule has 1 aliphatic heterocycles. The van der Waals surface area contributed by atoms with Crippen LogP contribution in [0.4, 0.5) is 10.1 Å². The van der Waals surface area contributed by atoms with Crippen LogP contribution < -0.4 is 5.32 Å². The van der Waals surface area contributed by atoms with Crippen LogP contribution in [0.2, 0.25) is 0 Å². The van der Waals surface area contributed by atoms with Crippen molar-refractivity contribution in [3.05, 3.63) is 33.6 Å². The van der Waals surface area contributed by atoms with E-state index in [-0.39, 0.29) is 5.56 Å². The molecule has 6 heteroatoms. The topological polar surface area (TPSA) is 75.4 Å². The summed E-state index contributed by atoms with van der Waals surface area (Å²) in [5.41, 5.74) is -0.937. The summed E-state index contributed by atoms with van der Waals surface area (Å²) in [7, 11) is 0. The van der Waals surface area contributed by atoms with E-state index in [1.807, 2.05) is 0 Å². The van der Waals surface area contributed by atoms with E-state index in [4.69, 9.17) is 0 Å². The van der Waals surface area contributed by atoms with E-state index in [1.165, 1.54) is 0 Å². The van der Waals surface area contributed by atoms with Gasteiger partial charge >= 0.3 is 5.69 Å². The van der Waals surface area contributed by atoms with Crippen LogP contribution in [0.1, 0.15) is 25.3 Å². The first-order valence-electron chi connectivity index (χ1n) is 5.36. The zero-order valence-corrected chi connectivity index (χ0v) is 9.36. The molecule has 1 unspecified atom stereocenters. The highest BCUT2D eigenvalue weighted by molar-refractivity contribution is 5.53. The van der Waals surface area contributed by atoms with Gasteiger partial charge in [0.2, 0.25) is 0 Å². The zero-order chi connectivity index (χ0) is 12.6. The van der Waals surface area contributed by atoms with E-state index in [9.17, 15) is 19.6 Å². The van der Waals surface area contributed by atoms with E-state index in [1.54, 1.807) is 6.92 Å². The number of halogens is 1. The van der Waals surface area contributed by atoms with E-state index in [0.717, 1.165) is 25.1 Å². The summed E-state index contributed by atoms with van der Waals surface area (Å²) in [5, 5.41) is 23.7. The number of hydrogen-bond donors (Lipinski definition) is 2. The molecule has 1 fully saturated rings. The third kappa shape index (κ3) is 1.95. The molecule has 1 aromatic carbocycles. The molecule has 5 nitrogen and oxygen atoms in total. The number of rotatable bonds is 2. The smallest absolute Gasteiger partial charge is 0.313 e. The predicted octanol–water partition coefficient (Wildman–Crippen LogP) is 2.04. The monoisotopic (exact) mass is 240 g/mol. The van der Waals surface area contributed by atoms with Gasteiger partial charge in [0.25, 0.3) is 0 Å². The van der Waals surface area contributed by atoms with E-state index < -0.39 is 27.7 Å². The SMILES string of the molecule is CC1(c2cc(F)cc([N+](=O)[O-])c2O)CCCN1. The summed E-state index contributed by atoms with van der Waals surface area (Å²) >= 11 is 0. The number of phenols is 1. The van der Waals surface area contributed by atoms with Gasteiger partial charge in [-0.3, -0.25) is 10.1 Å². The normalized spacial score (nSPS) is 23.9. The molecule has 2 rings (SSSR count). The molecule has 17 heavy (non-hydrogen) atoms. The Balaban J connectivity index is 2.57. The number of phenolic OH excluding ortho intramolecular Hbond substituents is 1. The minimum absolute atomic E-state index is 0.252. The first kappa shape index (κ1) is 11.8. The van der Waals surface area contributed by atoms with Gasteiger partial charge in [0.15, 0.2) is 5.75 Å². The van der Waals surface area contributed by atoms with Crippen LogP contribution in [0.15, 0.2) is 12.1 Å². The maximum atomic E-state index is 13.3. The average molecular weight is 240 g/mol. The van der Waals surface area contributed by atoms with Crippen LogP contribution in [0.5, 0.6) is 5.75 Å². The van der Waals surface area contributed by atoms with Crippen LogP contribution in [0.3, 0.4) is 0 Å². The van der Waals surface area contributed by atoms with Crippen molar-refractivity contribution in [2.24, 2.45) is 0 Å². The second-order valence-electron chi connectivity index (χ2n) is 4.44. The van der Waals surface area contributed by atoms with Crippen molar-refractivity contribution in [2.75, 3.05) is 6.54 Å². The number of nitro groups is 1. The van der Waals surface area contributed by atoms with Gasteiger partial charge < -0.3 is 10.4 Å². The Labute approximate surface area is 97.4 Å². The number of nitro benzene ring substituents is 1. The molecule has 0 spiro atoms. The molecule has 0 saturated carbocycles. The molecule has 92 valence electrons. The third-order valence-corrected chi connectivity index (χ3v) is 3.21. The first-order chi connectivity index (χ1) is 7.94. The number of nitrogens with one attached hydrogen (secondary N) is 1. The van der Waals surface area contributed by atoms with Crippen molar-refractivity contribution in [3.8, 4) is 5.75 Å². The molecule has 2 N–H and O–H groups in total. The van der Waals surface area contributed by atoms with Crippen LogP contribution in [-0.2, 0) is 5.54 Å². The minimum atomic E-state index is -0.778. The highest BCUT2D eigenvalue weighted by Crippen LogP contribution is 2.40. The highest BCUT2D eigenvalue weighted by atomic mass is 19.1. The van der Waals surface area contributed by atoms with Crippen LogP contribution in [0.25, 0.3) is 0 Å². The molecular formula is C11H13FN2O3. The largest absolute Gasteiger partial charge is 0.502 e. The molecule has 0 aliphatic carbocycles. The van der Waals surface area contributed by atoms with Crippen molar-refractivity contribution in [3.63, 3.8) is 0 Å². The van der Waals surface area contributed by atoms with E-state index in [0.29, 0.717) is 6.42 Å². The van der Waals surface area contributed by atoms with E-state index in [2.05, 4.69) is 5.32 Å². The minimum Gasteiger partial charge on any atom is -0.502 e. The third-order valence-electron chi connectivity index (χ3n) is 3.21. The fraction of sp³-hybridized carbons (Fsp3) is 0.455. The standard InChI is InChI=1S/C11H13FN2O3/c1-11(3-2-4-13-11)8-5-7(12)6-9(10(8)15)14(16)17/h5-6,13,15H,2-4H2,1H3. The Morgan fingerprint density at radius 2 is 2.29 bits per heavy atom. The van der Waals surface area contributed by atoms with Gasteiger partial charge in [-0.1, -0.05) is 0 Å². The maximum absolute atomic E-state index is 13.3. The van der Waals surface area contributed by atoms with Gasteiger partial charge in [0.05, 0.1) is 11.0 Å². The van der Waals surface area contributed by atoms with Crippen molar-refractivity contribution in [2.45, 2.75) is 25.3 Å². The molecule has 0 bridgehead atoms. The lowest BCUT2D eigenvalue weighted by Gasteiger charge is -2.25. The Morgan fingerprint density at radius 1 is 1.59 bits per heavy atom. The number of nitrogens with zero attached hydrogens (tertiary/aromatic N) is 1. The molecule has 0 amide bonds. The number of hydrogen-bond acceptors (Lipinski definition) is 4. The lowest BCUT2D eigenvalue weighted by atomic mass is 9.89. The molecule has 1 heterocycles. The summed E-state index contributed by atoms with van der Waals surface area (Å²) < 4.78 is 13.3. The van der Waals surface area contributed by atoms with Crippen molar-refractivity contribution in [1.82, 2.24) is 5.32 Å². The molecule has 1 aliphatic rings. The van der Waals surface area contributed by atoms with Crippen LogP contribution in [-0.4, -0.2) is 16.6 Å². The summed E-state index contributed by atoms with van der Waals surface area (Å²) in [4.78, 5) is 9.93. The summed E-state index contributed by atoms with van der Waals surface area (Å²) in [6.07, 6.45) is 1.60. The van der Waals surface area contributed by atoms with Gasteiger partial charge in [-0.15, -0.1) is 0 Å². The molecule has 0 aromatic heterocycles. The van der Waals surface area contributed by atoms with Crippen LogP contribution >= 0.6 is 0 Å². The van der Waals surface area contributed by atoms with Gasteiger partial charge in [-0.25, -0.2) is 4.39 Å². The zero-order valence-electron chi connectivity index (χ0n) is 9.36.